The van der Waals surface area contributed by atoms with Gasteiger partial charge in [0.25, 0.3) is 5.56 Å². The maximum absolute atomic E-state index is 13.8. The predicted octanol–water partition coefficient (Wildman–Crippen LogP) is 1.79. The molecule has 136 valence electrons. The number of benzene rings is 2. The zero-order valence-corrected chi connectivity index (χ0v) is 14.1. The fourth-order valence-electron chi connectivity index (χ4n) is 2.43. The van der Waals surface area contributed by atoms with Crippen molar-refractivity contribution >= 4 is 17.5 Å². The number of hydrogen-bond donors (Lipinski definition) is 2. The molecule has 0 radical (unpaired) electrons. The lowest BCUT2D eigenvalue weighted by atomic mass is 10.1. The van der Waals surface area contributed by atoms with E-state index in [1.165, 1.54) is 48.8 Å². The number of carbonyl (C=O) groups is 2. The highest BCUT2D eigenvalue weighted by molar-refractivity contribution is 5.94. The summed E-state index contributed by atoms with van der Waals surface area (Å²) in [5, 5.41) is 2.60. The Hall–Kier alpha value is -3.81. The van der Waals surface area contributed by atoms with E-state index in [1.807, 2.05) is 0 Å². The number of nitrogens with one attached hydrogen (secondary N) is 1. The molecule has 0 atom stereocenters. The number of amides is 2. The molecule has 27 heavy (non-hydrogen) atoms. The van der Waals surface area contributed by atoms with Crippen molar-refractivity contribution in [2.24, 2.45) is 5.73 Å². The van der Waals surface area contributed by atoms with E-state index in [4.69, 9.17) is 5.73 Å². The highest BCUT2D eigenvalue weighted by Crippen LogP contribution is 2.18. The lowest BCUT2D eigenvalue weighted by Crippen LogP contribution is -2.27. The molecule has 8 heteroatoms. The van der Waals surface area contributed by atoms with Crippen molar-refractivity contribution in [2.45, 2.75) is 6.54 Å². The Morgan fingerprint density at radius 1 is 1.11 bits per heavy atom. The van der Waals surface area contributed by atoms with Gasteiger partial charge in [-0.2, -0.15) is 0 Å². The van der Waals surface area contributed by atoms with Gasteiger partial charge in [-0.3, -0.25) is 19.0 Å². The third kappa shape index (κ3) is 4.24. The Bertz CT molecular complexity index is 1060. The summed E-state index contributed by atoms with van der Waals surface area (Å²) in [6.45, 7) is -0.263. The zero-order chi connectivity index (χ0) is 19.4. The van der Waals surface area contributed by atoms with Gasteiger partial charge in [0.05, 0.1) is 12.0 Å². The van der Waals surface area contributed by atoms with Gasteiger partial charge in [0.2, 0.25) is 11.8 Å². The maximum Gasteiger partial charge on any atom is 0.254 e. The molecule has 1 heterocycles. The quantitative estimate of drug-likeness (QED) is 0.718. The van der Waals surface area contributed by atoms with Gasteiger partial charge in [0.1, 0.15) is 12.4 Å². The summed E-state index contributed by atoms with van der Waals surface area (Å²) in [6.07, 6.45) is 1.19. The van der Waals surface area contributed by atoms with Crippen LogP contribution in [-0.4, -0.2) is 21.4 Å². The Labute approximate surface area is 153 Å². The molecule has 0 fully saturated rings. The van der Waals surface area contributed by atoms with Crippen LogP contribution in [0.15, 0.2) is 65.7 Å². The number of primary amides is 1. The van der Waals surface area contributed by atoms with Gasteiger partial charge in [-0.25, -0.2) is 9.37 Å². The number of aromatic nitrogens is 2. The second-order valence-electron chi connectivity index (χ2n) is 5.71. The van der Waals surface area contributed by atoms with E-state index >= 15 is 0 Å². The van der Waals surface area contributed by atoms with Crippen LogP contribution in [0.1, 0.15) is 10.4 Å². The van der Waals surface area contributed by atoms with Crippen molar-refractivity contribution in [1.29, 1.82) is 0 Å². The van der Waals surface area contributed by atoms with E-state index in [0.29, 0.717) is 11.3 Å². The van der Waals surface area contributed by atoms with E-state index in [9.17, 15) is 18.8 Å². The van der Waals surface area contributed by atoms with E-state index in [-0.39, 0.29) is 17.8 Å². The van der Waals surface area contributed by atoms with E-state index in [2.05, 4.69) is 10.3 Å². The van der Waals surface area contributed by atoms with Gasteiger partial charge in [0.15, 0.2) is 0 Å². The normalized spacial score (nSPS) is 10.4. The van der Waals surface area contributed by atoms with Crippen LogP contribution in [-0.2, 0) is 11.3 Å². The molecule has 3 rings (SSSR count). The molecule has 0 saturated heterocycles. The fraction of sp³-hybridized carbons (Fsp3) is 0.0526. The van der Waals surface area contributed by atoms with Crippen LogP contribution in [0.25, 0.3) is 11.3 Å². The van der Waals surface area contributed by atoms with Crippen LogP contribution in [0.3, 0.4) is 0 Å². The van der Waals surface area contributed by atoms with Crippen LogP contribution in [0.2, 0.25) is 0 Å². The number of rotatable bonds is 5. The molecule has 2 amide bonds. The van der Waals surface area contributed by atoms with Gasteiger partial charge in [0, 0.05) is 22.9 Å². The van der Waals surface area contributed by atoms with Gasteiger partial charge in [-0.1, -0.05) is 12.1 Å². The zero-order valence-electron chi connectivity index (χ0n) is 14.1. The van der Waals surface area contributed by atoms with Gasteiger partial charge in [-0.15, -0.1) is 0 Å². The SMILES string of the molecule is NC(=O)c1ccc(NC(=O)Cn2cnc(-c3ccccc3F)cc2=O)cc1. The number of nitrogens with two attached hydrogens (primary N) is 1. The number of halogens is 1. The Kier molecular flexibility index (Phi) is 5.07. The maximum atomic E-state index is 13.8. The summed E-state index contributed by atoms with van der Waals surface area (Å²) < 4.78 is 14.9. The lowest BCUT2D eigenvalue weighted by Gasteiger charge is -2.08. The Morgan fingerprint density at radius 2 is 1.81 bits per heavy atom. The Morgan fingerprint density at radius 3 is 2.44 bits per heavy atom. The molecule has 0 spiro atoms. The lowest BCUT2D eigenvalue weighted by molar-refractivity contribution is -0.116. The van der Waals surface area contributed by atoms with Crippen molar-refractivity contribution < 1.29 is 14.0 Å². The van der Waals surface area contributed by atoms with Crippen LogP contribution >= 0.6 is 0 Å². The first-order valence-electron chi connectivity index (χ1n) is 7.95. The average molecular weight is 366 g/mol. The first kappa shape index (κ1) is 18.0. The van der Waals surface area contributed by atoms with Crippen LogP contribution in [0.4, 0.5) is 10.1 Å². The molecule has 3 N–H and O–H groups in total. The molecule has 0 aliphatic rings. The molecule has 1 aromatic heterocycles. The first-order chi connectivity index (χ1) is 12.9. The highest BCUT2D eigenvalue weighted by Gasteiger charge is 2.10. The summed E-state index contributed by atoms with van der Waals surface area (Å²) in [4.78, 5) is 39.4. The minimum Gasteiger partial charge on any atom is -0.366 e. The smallest absolute Gasteiger partial charge is 0.254 e. The van der Waals surface area contributed by atoms with Gasteiger partial charge in [-0.05, 0) is 36.4 Å². The molecule has 0 unspecified atom stereocenters. The second-order valence-corrected chi connectivity index (χ2v) is 5.71. The summed E-state index contributed by atoms with van der Waals surface area (Å²) in [5.41, 5.74) is 5.84. The third-order valence-corrected chi connectivity index (χ3v) is 3.80. The van der Waals surface area contributed by atoms with Crippen molar-refractivity contribution in [3.05, 3.63) is 82.7 Å². The van der Waals surface area contributed by atoms with Crippen molar-refractivity contribution in [3.8, 4) is 11.3 Å². The standard InChI is InChI=1S/C19H15FN4O3/c20-15-4-2-1-3-14(15)16-9-18(26)24(11-22-16)10-17(25)23-13-7-5-12(6-8-13)19(21)27/h1-9,11H,10H2,(H2,21,27)(H,23,25). The fourth-order valence-corrected chi connectivity index (χ4v) is 2.43. The molecular formula is C19H15FN4O3. The molecular weight excluding hydrogens is 351 g/mol. The average Bonchev–Trinajstić information content (AvgIpc) is 2.64. The summed E-state index contributed by atoms with van der Waals surface area (Å²) in [6, 6.07) is 13.2. The number of anilines is 1. The monoisotopic (exact) mass is 366 g/mol. The van der Waals surface area contributed by atoms with Crippen molar-refractivity contribution in [1.82, 2.24) is 9.55 Å². The molecule has 2 aromatic carbocycles. The third-order valence-electron chi connectivity index (χ3n) is 3.80. The molecule has 3 aromatic rings. The number of hydrogen-bond acceptors (Lipinski definition) is 4. The van der Waals surface area contributed by atoms with Crippen LogP contribution in [0.5, 0.6) is 0 Å². The van der Waals surface area contributed by atoms with E-state index < -0.39 is 23.2 Å². The molecule has 0 aliphatic carbocycles. The summed E-state index contributed by atoms with van der Waals surface area (Å²) >= 11 is 0. The molecule has 0 aliphatic heterocycles. The van der Waals surface area contributed by atoms with E-state index in [1.54, 1.807) is 12.1 Å². The van der Waals surface area contributed by atoms with Gasteiger partial charge >= 0.3 is 0 Å². The van der Waals surface area contributed by atoms with Crippen molar-refractivity contribution in [2.75, 3.05) is 5.32 Å². The summed E-state index contributed by atoms with van der Waals surface area (Å²) in [7, 11) is 0. The molecule has 7 nitrogen and oxygen atoms in total. The van der Waals surface area contributed by atoms with Gasteiger partial charge < -0.3 is 11.1 Å². The molecule has 0 bridgehead atoms. The van der Waals surface area contributed by atoms with Crippen LogP contribution < -0.4 is 16.6 Å². The van der Waals surface area contributed by atoms with Crippen molar-refractivity contribution in [3.63, 3.8) is 0 Å². The summed E-state index contributed by atoms with van der Waals surface area (Å²) in [5.74, 6) is -1.51. The largest absolute Gasteiger partial charge is 0.366 e. The number of carbonyl (C=O) groups excluding carboxylic acids is 2. The minimum atomic E-state index is -0.569. The molecule has 0 saturated carbocycles. The van der Waals surface area contributed by atoms with E-state index in [0.717, 1.165) is 4.57 Å². The Balaban J connectivity index is 1.72. The first-order valence-corrected chi connectivity index (χ1v) is 7.95. The van der Waals surface area contributed by atoms with Crippen LogP contribution in [0, 0.1) is 5.82 Å². The second kappa shape index (κ2) is 7.61. The highest BCUT2D eigenvalue weighted by atomic mass is 19.1. The predicted molar refractivity (Wildman–Crippen MR) is 97.5 cm³/mol. The minimum absolute atomic E-state index is 0.191. The number of nitrogens with zero attached hydrogens (tertiary/aromatic N) is 2. The topological polar surface area (TPSA) is 107 Å².